The summed E-state index contributed by atoms with van der Waals surface area (Å²) in [6, 6.07) is 0. The molecule has 0 spiro atoms. The average Bonchev–Trinajstić information content (AvgIpc) is 2.10. The van der Waals surface area contributed by atoms with E-state index < -0.39 is 0 Å². The van der Waals surface area contributed by atoms with Crippen molar-refractivity contribution in [3.63, 3.8) is 0 Å². The maximum Gasteiger partial charge on any atom is 0.245 e. The molecule has 0 unspecified atom stereocenters. The van der Waals surface area contributed by atoms with Crippen LogP contribution in [0.15, 0.2) is 23.5 Å². The van der Waals surface area contributed by atoms with E-state index in [2.05, 4.69) is 10.6 Å². The summed E-state index contributed by atoms with van der Waals surface area (Å²) in [7, 11) is 0. The lowest BCUT2D eigenvalue weighted by atomic mass is 10.4. The molecule has 0 aromatic heterocycles. The van der Waals surface area contributed by atoms with Crippen LogP contribution in [-0.2, 0) is 9.59 Å². The highest BCUT2D eigenvalue weighted by molar-refractivity contribution is 5.89. The van der Waals surface area contributed by atoms with Crippen LogP contribution in [0, 0.1) is 0 Å². The topological polar surface area (TPSA) is 110 Å². The van der Waals surface area contributed by atoms with Gasteiger partial charge in [-0.25, -0.2) is 0 Å². The largest absolute Gasteiger partial charge is 0.402 e. The molecule has 16 heavy (non-hydrogen) atoms. The summed E-state index contributed by atoms with van der Waals surface area (Å²) in [6.45, 7) is 3.92. The minimum Gasteiger partial charge on any atom is -0.402 e. The summed E-state index contributed by atoms with van der Waals surface area (Å²) in [4.78, 5) is 22.1. The fourth-order valence-electron chi connectivity index (χ4n) is 0.887. The van der Waals surface area contributed by atoms with Gasteiger partial charge in [-0.05, 0) is 13.8 Å². The predicted octanol–water partition coefficient (Wildman–Crippen LogP) is -1.06. The lowest BCUT2D eigenvalue weighted by Crippen LogP contribution is -2.33. The van der Waals surface area contributed by atoms with E-state index in [0.717, 1.165) is 0 Å². The molecule has 0 saturated heterocycles. The summed E-state index contributed by atoms with van der Waals surface area (Å²) in [5.74, 6) is -0.556. The molecule has 6 N–H and O–H groups in total. The molecule has 0 bridgehead atoms. The van der Waals surface area contributed by atoms with Crippen LogP contribution < -0.4 is 22.1 Å². The third-order valence-corrected chi connectivity index (χ3v) is 1.44. The third kappa shape index (κ3) is 8.61. The second-order valence-electron chi connectivity index (χ2n) is 3.36. The van der Waals surface area contributed by atoms with Crippen LogP contribution in [0.5, 0.6) is 0 Å². The summed E-state index contributed by atoms with van der Waals surface area (Å²) in [5.41, 5.74) is 11.5. The highest BCUT2D eigenvalue weighted by Gasteiger charge is 1.97. The highest BCUT2D eigenvalue weighted by atomic mass is 16.2. The zero-order valence-electron chi connectivity index (χ0n) is 9.54. The molecule has 0 fully saturated rings. The molecular formula is C10H18N4O2. The Morgan fingerprint density at radius 1 is 0.938 bits per heavy atom. The summed E-state index contributed by atoms with van der Waals surface area (Å²) < 4.78 is 0. The molecule has 0 aliphatic carbocycles. The predicted molar refractivity (Wildman–Crippen MR) is 61.9 cm³/mol. The number of carbonyl (C=O) groups excluding carboxylic acids is 2. The van der Waals surface area contributed by atoms with Crippen LogP contribution in [0.2, 0.25) is 0 Å². The standard InChI is InChI=1S/C10H18N4O2/c1-7(11)5-9(15)13-3-4-14-10(16)6-8(2)12/h5-6H,3-4,11-12H2,1-2H3,(H,13,15)(H,14,16)/b7-5-,8-6-. The van der Waals surface area contributed by atoms with E-state index in [4.69, 9.17) is 11.5 Å². The second kappa shape index (κ2) is 7.33. The maximum atomic E-state index is 11.1. The van der Waals surface area contributed by atoms with Gasteiger partial charge >= 0.3 is 0 Å². The molecule has 0 aromatic carbocycles. The zero-order chi connectivity index (χ0) is 12.6. The number of allylic oxidation sites excluding steroid dienone is 2. The Kier molecular flexibility index (Phi) is 6.42. The van der Waals surface area contributed by atoms with Crippen molar-refractivity contribution in [2.24, 2.45) is 11.5 Å². The zero-order valence-corrected chi connectivity index (χ0v) is 9.54. The van der Waals surface area contributed by atoms with Gasteiger partial charge in [-0.15, -0.1) is 0 Å². The Morgan fingerprint density at radius 3 is 1.50 bits per heavy atom. The van der Waals surface area contributed by atoms with Crippen LogP contribution in [-0.4, -0.2) is 24.9 Å². The lowest BCUT2D eigenvalue weighted by molar-refractivity contribution is -0.118. The van der Waals surface area contributed by atoms with E-state index in [1.54, 1.807) is 13.8 Å². The first-order valence-corrected chi connectivity index (χ1v) is 4.85. The molecule has 2 amide bonds. The van der Waals surface area contributed by atoms with Crippen molar-refractivity contribution in [3.05, 3.63) is 23.5 Å². The molecular weight excluding hydrogens is 208 g/mol. The van der Waals surface area contributed by atoms with E-state index in [9.17, 15) is 9.59 Å². The number of hydrogen-bond donors (Lipinski definition) is 4. The fourth-order valence-corrected chi connectivity index (χ4v) is 0.887. The van der Waals surface area contributed by atoms with Crippen molar-refractivity contribution < 1.29 is 9.59 Å². The molecule has 6 heteroatoms. The minimum absolute atomic E-state index is 0.278. The van der Waals surface area contributed by atoms with Crippen molar-refractivity contribution in [1.29, 1.82) is 0 Å². The van der Waals surface area contributed by atoms with Crippen molar-refractivity contribution >= 4 is 11.8 Å². The Labute approximate surface area is 94.7 Å². The van der Waals surface area contributed by atoms with Crippen LogP contribution in [0.1, 0.15) is 13.8 Å². The van der Waals surface area contributed by atoms with Gasteiger partial charge in [0.2, 0.25) is 11.8 Å². The van der Waals surface area contributed by atoms with E-state index in [1.165, 1.54) is 12.2 Å². The third-order valence-electron chi connectivity index (χ3n) is 1.44. The smallest absolute Gasteiger partial charge is 0.245 e. The fraction of sp³-hybridized carbons (Fsp3) is 0.400. The number of nitrogens with two attached hydrogens (primary N) is 2. The molecule has 0 aliphatic rings. The lowest BCUT2D eigenvalue weighted by Gasteiger charge is -2.03. The number of hydrogen-bond acceptors (Lipinski definition) is 4. The normalized spacial score (nSPS) is 12.1. The molecule has 0 radical (unpaired) electrons. The van der Waals surface area contributed by atoms with Crippen molar-refractivity contribution in [2.75, 3.05) is 13.1 Å². The Bertz CT molecular complexity index is 281. The number of amides is 2. The van der Waals surface area contributed by atoms with Gasteiger partial charge < -0.3 is 22.1 Å². The summed E-state index contributed by atoms with van der Waals surface area (Å²) in [6.07, 6.45) is 2.57. The monoisotopic (exact) mass is 226 g/mol. The number of rotatable bonds is 5. The van der Waals surface area contributed by atoms with Crippen molar-refractivity contribution in [2.45, 2.75) is 13.8 Å². The van der Waals surface area contributed by atoms with E-state index in [0.29, 0.717) is 24.5 Å². The van der Waals surface area contributed by atoms with Gasteiger partial charge in [0.1, 0.15) is 0 Å². The maximum absolute atomic E-state index is 11.1. The Balaban J connectivity index is 3.69. The quantitative estimate of drug-likeness (QED) is 0.354. The van der Waals surface area contributed by atoms with Gasteiger partial charge in [0.25, 0.3) is 0 Å². The molecule has 0 rings (SSSR count). The molecule has 0 heterocycles. The molecule has 90 valence electrons. The van der Waals surface area contributed by atoms with E-state index in [-0.39, 0.29) is 11.8 Å². The van der Waals surface area contributed by atoms with Crippen molar-refractivity contribution in [1.82, 2.24) is 10.6 Å². The first-order valence-electron chi connectivity index (χ1n) is 4.85. The Morgan fingerprint density at radius 2 is 1.25 bits per heavy atom. The minimum atomic E-state index is -0.278. The first kappa shape index (κ1) is 14.0. The van der Waals surface area contributed by atoms with Gasteiger partial charge in [-0.1, -0.05) is 0 Å². The van der Waals surface area contributed by atoms with E-state index in [1.807, 2.05) is 0 Å². The highest BCUT2D eigenvalue weighted by Crippen LogP contribution is 1.80. The van der Waals surface area contributed by atoms with Gasteiger partial charge in [-0.2, -0.15) is 0 Å². The molecule has 0 aliphatic heterocycles. The second-order valence-corrected chi connectivity index (χ2v) is 3.36. The first-order chi connectivity index (χ1) is 7.41. The van der Waals surface area contributed by atoms with E-state index >= 15 is 0 Å². The average molecular weight is 226 g/mol. The van der Waals surface area contributed by atoms with Gasteiger partial charge in [0.05, 0.1) is 0 Å². The van der Waals surface area contributed by atoms with Crippen LogP contribution in [0.25, 0.3) is 0 Å². The van der Waals surface area contributed by atoms with Crippen molar-refractivity contribution in [3.8, 4) is 0 Å². The molecule has 0 aromatic rings. The SMILES string of the molecule is C/C(N)=C/C(=O)NCCNC(=O)/C=C(/C)N. The summed E-state index contributed by atoms with van der Waals surface area (Å²) in [5, 5.41) is 5.12. The van der Waals surface area contributed by atoms with Crippen LogP contribution in [0.3, 0.4) is 0 Å². The molecule has 0 saturated carbocycles. The summed E-state index contributed by atoms with van der Waals surface area (Å²) >= 11 is 0. The van der Waals surface area contributed by atoms with Crippen LogP contribution >= 0.6 is 0 Å². The molecule has 6 nitrogen and oxygen atoms in total. The van der Waals surface area contributed by atoms with Crippen LogP contribution in [0.4, 0.5) is 0 Å². The van der Waals surface area contributed by atoms with Gasteiger partial charge in [0.15, 0.2) is 0 Å². The number of carbonyl (C=O) groups is 2. The Hall–Kier alpha value is -1.98. The number of nitrogens with one attached hydrogen (secondary N) is 2. The van der Waals surface area contributed by atoms with Gasteiger partial charge in [-0.3, -0.25) is 9.59 Å². The molecule has 0 atom stereocenters. The van der Waals surface area contributed by atoms with Gasteiger partial charge in [0, 0.05) is 36.6 Å².